The molecule has 0 radical (unpaired) electrons. The van der Waals surface area contributed by atoms with Gasteiger partial charge in [0.1, 0.15) is 5.82 Å². The second kappa shape index (κ2) is 5.65. The number of carbonyl (C=O) groups is 1. The Kier molecular flexibility index (Phi) is 3.94. The fourth-order valence-corrected chi connectivity index (χ4v) is 1.75. The molecular formula is C14H16FN3O. The van der Waals surface area contributed by atoms with Gasteiger partial charge in [-0.15, -0.1) is 0 Å². The third-order valence-corrected chi connectivity index (χ3v) is 2.85. The van der Waals surface area contributed by atoms with Crippen molar-refractivity contribution >= 4 is 11.7 Å². The van der Waals surface area contributed by atoms with E-state index in [4.69, 9.17) is 0 Å². The van der Waals surface area contributed by atoms with Crippen LogP contribution in [0.3, 0.4) is 0 Å². The first-order valence-corrected chi connectivity index (χ1v) is 6.18. The monoisotopic (exact) mass is 261 g/mol. The SMILES string of the molecule is CCC(=O)Nc1cc(C)n(Cc2ccccc2F)n1. The molecule has 2 aromatic rings. The molecule has 0 spiro atoms. The van der Waals surface area contributed by atoms with Crippen LogP contribution < -0.4 is 5.32 Å². The summed E-state index contributed by atoms with van der Waals surface area (Å²) in [5.41, 5.74) is 1.44. The number of hydrogen-bond acceptors (Lipinski definition) is 2. The van der Waals surface area contributed by atoms with Gasteiger partial charge >= 0.3 is 0 Å². The third kappa shape index (κ3) is 3.19. The van der Waals surface area contributed by atoms with Crippen molar-refractivity contribution in [2.24, 2.45) is 0 Å². The molecule has 0 aliphatic rings. The van der Waals surface area contributed by atoms with E-state index in [2.05, 4.69) is 10.4 Å². The molecule has 0 bridgehead atoms. The number of benzene rings is 1. The Morgan fingerprint density at radius 2 is 2.16 bits per heavy atom. The van der Waals surface area contributed by atoms with E-state index >= 15 is 0 Å². The molecule has 19 heavy (non-hydrogen) atoms. The molecule has 0 aliphatic heterocycles. The van der Waals surface area contributed by atoms with Crippen molar-refractivity contribution in [1.82, 2.24) is 9.78 Å². The summed E-state index contributed by atoms with van der Waals surface area (Å²) in [4.78, 5) is 11.3. The maximum Gasteiger partial charge on any atom is 0.225 e. The van der Waals surface area contributed by atoms with Crippen molar-refractivity contribution in [3.05, 3.63) is 47.4 Å². The van der Waals surface area contributed by atoms with Crippen molar-refractivity contribution in [1.29, 1.82) is 0 Å². The third-order valence-electron chi connectivity index (χ3n) is 2.85. The van der Waals surface area contributed by atoms with E-state index in [9.17, 15) is 9.18 Å². The molecule has 0 saturated carbocycles. The molecule has 4 nitrogen and oxygen atoms in total. The molecule has 1 aromatic carbocycles. The highest BCUT2D eigenvalue weighted by Crippen LogP contribution is 2.13. The van der Waals surface area contributed by atoms with Crippen LogP contribution in [0.1, 0.15) is 24.6 Å². The van der Waals surface area contributed by atoms with Crippen molar-refractivity contribution in [2.45, 2.75) is 26.8 Å². The van der Waals surface area contributed by atoms with Gasteiger partial charge in [0.25, 0.3) is 0 Å². The van der Waals surface area contributed by atoms with Gasteiger partial charge in [-0.1, -0.05) is 25.1 Å². The Bertz CT molecular complexity index is 592. The lowest BCUT2D eigenvalue weighted by atomic mass is 10.2. The van der Waals surface area contributed by atoms with Crippen molar-refractivity contribution in [3.8, 4) is 0 Å². The molecule has 5 heteroatoms. The zero-order chi connectivity index (χ0) is 13.8. The number of nitrogens with one attached hydrogen (secondary N) is 1. The predicted molar refractivity (Wildman–Crippen MR) is 71.4 cm³/mol. The first-order valence-electron chi connectivity index (χ1n) is 6.18. The number of hydrogen-bond donors (Lipinski definition) is 1. The van der Waals surface area contributed by atoms with E-state index in [0.29, 0.717) is 24.3 Å². The van der Waals surface area contributed by atoms with Crippen LogP contribution in [0.5, 0.6) is 0 Å². The van der Waals surface area contributed by atoms with Gasteiger partial charge < -0.3 is 5.32 Å². The number of halogens is 1. The minimum absolute atomic E-state index is 0.0875. The summed E-state index contributed by atoms with van der Waals surface area (Å²) in [6.07, 6.45) is 0.402. The quantitative estimate of drug-likeness (QED) is 0.919. The van der Waals surface area contributed by atoms with Gasteiger partial charge in [-0.3, -0.25) is 9.48 Å². The molecule has 0 aliphatic carbocycles. The molecule has 0 fully saturated rings. The largest absolute Gasteiger partial charge is 0.309 e. The highest BCUT2D eigenvalue weighted by atomic mass is 19.1. The number of aromatic nitrogens is 2. The molecule has 2 rings (SSSR count). The number of nitrogens with zero attached hydrogens (tertiary/aromatic N) is 2. The van der Waals surface area contributed by atoms with Crippen LogP contribution in [0, 0.1) is 12.7 Å². The van der Waals surface area contributed by atoms with Crippen LogP contribution in [-0.2, 0) is 11.3 Å². The highest BCUT2D eigenvalue weighted by Gasteiger charge is 2.08. The van der Waals surface area contributed by atoms with Crippen LogP contribution >= 0.6 is 0 Å². The van der Waals surface area contributed by atoms with E-state index in [1.165, 1.54) is 6.07 Å². The zero-order valence-corrected chi connectivity index (χ0v) is 11.0. The van der Waals surface area contributed by atoms with E-state index < -0.39 is 0 Å². The van der Waals surface area contributed by atoms with Crippen molar-refractivity contribution < 1.29 is 9.18 Å². The summed E-state index contributed by atoms with van der Waals surface area (Å²) < 4.78 is 15.2. The van der Waals surface area contributed by atoms with Crippen LogP contribution in [-0.4, -0.2) is 15.7 Å². The Morgan fingerprint density at radius 3 is 2.84 bits per heavy atom. The summed E-state index contributed by atoms with van der Waals surface area (Å²) in [5, 5.41) is 6.94. The zero-order valence-electron chi connectivity index (χ0n) is 11.0. The number of carbonyl (C=O) groups excluding carboxylic acids is 1. The maximum absolute atomic E-state index is 13.6. The highest BCUT2D eigenvalue weighted by molar-refractivity contribution is 5.89. The Morgan fingerprint density at radius 1 is 1.42 bits per heavy atom. The molecule has 0 saturated heterocycles. The van der Waals surface area contributed by atoms with Gasteiger partial charge in [0, 0.05) is 23.7 Å². The number of anilines is 1. The second-order valence-corrected chi connectivity index (χ2v) is 4.32. The molecule has 100 valence electrons. The lowest BCUT2D eigenvalue weighted by Crippen LogP contribution is -2.11. The summed E-state index contributed by atoms with van der Waals surface area (Å²) in [6, 6.07) is 8.36. The number of amides is 1. The van der Waals surface area contributed by atoms with Crippen LogP contribution in [0.25, 0.3) is 0 Å². The average Bonchev–Trinajstić information content (AvgIpc) is 2.72. The molecule has 1 aromatic heterocycles. The molecule has 0 atom stereocenters. The number of aryl methyl sites for hydroxylation is 1. The summed E-state index contributed by atoms with van der Waals surface area (Å²) in [6.45, 7) is 3.99. The molecule has 1 heterocycles. The van der Waals surface area contributed by atoms with Gasteiger partial charge in [0.05, 0.1) is 6.54 Å². The standard InChI is InChI=1S/C14H16FN3O/c1-3-14(19)16-13-8-10(2)18(17-13)9-11-6-4-5-7-12(11)15/h4-8H,3,9H2,1-2H3,(H,16,17,19). The van der Waals surface area contributed by atoms with Gasteiger partial charge in [-0.25, -0.2) is 4.39 Å². The van der Waals surface area contributed by atoms with E-state index in [1.807, 2.05) is 6.92 Å². The topological polar surface area (TPSA) is 46.9 Å². The van der Waals surface area contributed by atoms with Gasteiger partial charge in [0.15, 0.2) is 5.82 Å². The Balaban J connectivity index is 2.17. The molecule has 1 N–H and O–H groups in total. The molecular weight excluding hydrogens is 245 g/mol. The lowest BCUT2D eigenvalue weighted by molar-refractivity contribution is -0.115. The molecule has 0 unspecified atom stereocenters. The first-order chi connectivity index (χ1) is 9.10. The van der Waals surface area contributed by atoms with Crippen LogP contribution in [0.4, 0.5) is 10.2 Å². The minimum atomic E-state index is -0.253. The maximum atomic E-state index is 13.6. The predicted octanol–water partition coefficient (Wildman–Crippen LogP) is 2.73. The first kappa shape index (κ1) is 13.3. The van der Waals surface area contributed by atoms with Crippen LogP contribution in [0.15, 0.2) is 30.3 Å². The van der Waals surface area contributed by atoms with Gasteiger partial charge in [-0.05, 0) is 13.0 Å². The summed E-state index contributed by atoms with van der Waals surface area (Å²) >= 11 is 0. The van der Waals surface area contributed by atoms with Crippen LogP contribution in [0.2, 0.25) is 0 Å². The fraction of sp³-hybridized carbons (Fsp3) is 0.286. The summed E-state index contributed by atoms with van der Waals surface area (Å²) in [5.74, 6) is 0.160. The van der Waals surface area contributed by atoms with Crippen molar-refractivity contribution in [2.75, 3.05) is 5.32 Å². The lowest BCUT2D eigenvalue weighted by Gasteiger charge is -2.05. The van der Waals surface area contributed by atoms with Gasteiger partial charge in [-0.2, -0.15) is 5.10 Å². The normalized spacial score (nSPS) is 10.5. The van der Waals surface area contributed by atoms with E-state index in [0.717, 1.165) is 5.69 Å². The van der Waals surface area contributed by atoms with Gasteiger partial charge in [0.2, 0.25) is 5.91 Å². The summed E-state index contributed by atoms with van der Waals surface area (Å²) in [7, 11) is 0. The Hall–Kier alpha value is -2.17. The smallest absolute Gasteiger partial charge is 0.225 e. The minimum Gasteiger partial charge on any atom is -0.309 e. The molecule has 1 amide bonds. The average molecular weight is 261 g/mol. The van der Waals surface area contributed by atoms with E-state index in [-0.39, 0.29) is 11.7 Å². The van der Waals surface area contributed by atoms with Crippen molar-refractivity contribution in [3.63, 3.8) is 0 Å². The van der Waals surface area contributed by atoms with E-state index in [1.54, 1.807) is 35.9 Å². The number of rotatable bonds is 4. The second-order valence-electron chi connectivity index (χ2n) is 4.32. The Labute approximate surface area is 111 Å². The fourth-order valence-electron chi connectivity index (χ4n) is 1.75.